The molecule has 0 saturated heterocycles. The minimum atomic E-state index is -1.00. The predicted octanol–water partition coefficient (Wildman–Crippen LogP) is 2.02. The molecule has 2 aromatic rings. The van der Waals surface area contributed by atoms with E-state index in [1.807, 2.05) is 11.9 Å². The van der Waals surface area contributed by atoms with Gasteiger partial charge in [-0.2, -0.15) is 0 Å². The molecule has 2 amide bonds. The Hall–Kier alpha value is -3.07. The van der Waals surface area contributed by atoms with Crippen molar-refractivity contribution in [3.63, 3.8) is 0 Å². The van der Waals surface area contributed by atoms with Gasteiger partial charge in [0, 0.05) is 19.2 Å². The van der Waals surface area contributed by atoms with Gasteiger partial charge in [-0.25, -0.2) is 13.8 Å². The number of hydrogen-bond acceptors (Lipinski definition) is 5. The molecule has 4 N–H and O–H groups in total. The summed E-state index contributed by atoms with van der Waals surface area (Å²) in [4.78, 5) is 31.1. The molecule has 2 rings (SSSR count). The molecule has 0 bridgehead atoms. The zero-order chi connectivity index (χ0) is 22.8. The first-order chi connectivity index (χ1) is 14.8. The number of benzene rings is 1. The number of nitrogens with two attached hydrogens (primary N) is 1. The Balaban J connectivity index is 2.06. The molecule has 168 valence electrons. The zero-order valence-electron chi connectivity index (χ0n) is 17.8. The fourth-order valence-corrected chi connectivity index (χ4v) is 2.96. The Bertz CT molecular complexity index is 877. The largest absolute Gasteiger partial charge is 0.384 e. The summed E-state index contributed by atoms with van der Waals surface area (Å²) < 4.78 is 26.8. The fraction of sp³-hybridized carbons (Fsp3) is 0.409. The third-order valence-corrected chi connectivity index (χ3v) is 4.70. The number of amides is 2. The van der Waals surface area contributed by atoms with E-state index < -0.39 is 23.6 Å². The second-order valence-electron chi connectivity index (χ2n) is 7.47. The summed E-state index contributed by atoms with van der Waals surface area (Å²) in [6, 6.07) is 5.82. The van der Waals surface area contributed by atoms with E-state index >= 15 is 0 Å². The number of carbonyl (C=O) groups excluding carboxylic acids is 2. The average Bonchev–Trinajstić information content (AvgIpc) is 2.73. The Morgan fingerprint density at radius 3 is 2.55 bits per heavy atom. The number of anilines is 1. The molecule has 0 aliphatic carbocycles. The first kappa shape index (κ1) is 24.2. The summed E-state index contributed by atoms with van der Waals surface area (Å²) in [5, 5.41) is 5.45. The Labute approximate surface area is 181 Å². The number of aromatic nitrogens is 1. The monoisotopic (exact) mass is 433 g/mol. The van der Waals surface area contributed by atoms with Crippen LogP contribution in [0.5, 0.6) is 0 Å². The van der Waals surface area contributed by atoms with Crippen molar-refractivity contribution in [1.29, 1.82) is 0 Å². The lowest BCUT2D eigenvalue weighted by Gasteiger charge is -2.21. The average molecular weight is 434 g/mol. The molecule has 1 aromatic heterocycles. The summed E-state index contributed by atoms with van der Waals surface area (Å²) in [6.45, 7) is 3.14. The van der Waals surface area contributed by atoms with Crippen LogP contribution in [0.1, 0.15) is 30.9 Å². The van der Waals surface area contributed by atoms with Crippen LogP contribution < -0.4 is 16.4 Å². The summed E-state index contributed by atoms with van der Waals surface area (Å²) in [6.07, 6.45) is 3.53. The van der Waals surface area contributed by atoms with Crippen LogP contribution in [0.2, 0.25) is 0 Å². The van der Waals surface area contributed by atoms with Gasteiger partial charge in [0.2, 0.25) is 11.8 Å². The number of carbonyl (C=O) groups is 2. The van der Waals surface area contributed by atoms with E-state index in [2.05, 4.69) is 22.5 Å². The van der Waals surface area contributed by atoms with Crippen LogP contribution in [0.25, 0.3) is 0 Å². The third kappa shape index (κ3) is 8.29. The maximum Gasteiger partial charge on any atom is 0.243 e. The topological polar surface area (TPSA) is 100 Å². The standard InChI is InChI=1S/C22H29F2N5O2/c1-3-4-9-29(2)14-21(30)28-19(11-15-5-7-17(23)18(24)10-15)22(31)27-13-16-6-8-20(25)26-12-16/h5-8,10,12,19H,3-4,9,11,13-14H2,1-2H3,(H2,25,26)(H,27,31)(H,28,30)/t19-/m0/s1. The van der Waals surface area contributed by atoms with Gasteiger partial charge >= 0.3 is 0 Å². The summed E-state index contributed by atoms with van der Waals surface area (Å²) in [7, 11) is 1.83. The van der Waals surface area contributed by atoms with Crippen molar-refractivity contribution >= 4 is 17.6 Å². The van der Waals surface area contributed by atoms with Gasteiger partial charge in [-0.05, 0) is 49.3 Å². The first-order valence-corrected chi connectivity index (χ1v) is 10.2. The lowest BCUT2D eigenvalue weighted by atomic mass is 10.0. The van der Waals surface area contributed by atoms with Gasteiger partial charge in [0.15, 0.2) is 11.6 Å². The summed E-state index contributed by atoms with van der Waals surface area (Å²) in [5.41, 5.74) is 6.69. The Morgan fingerprint density at radius 2 is 1.90 bits per heavy atom. The molecule has 0 aliphatic heterocycles. The number of rotatable bonds is 11. The van der Waals surface area contributed by atoms with E-state index in [4.69, 9.17) is 5.73 Å². The van der Waals surface area contributed by atoms with Crippen molar-refractivity contribution < 1.29 is 18.4 Å². The van der Waals surface area contributed by atoms with Gasteiger partial charge in [0.25, 0.3) is 0 Å². The molecule has 0 radical (unpaired) electrons. The van der Waals surface area contributed by atoms with Gasteiger partial charge in [-0.3, -0.25) is 14.5 Å². The van der Waals surface area contributed by atoms with Gasteiger partial charge in [-0.15, -0.1) is 0 Å². The van der Waals surface area contributed by atoms with Crippen LogP contribution in [0.4, 0.5) is 14.6 Å². The molecule has 0 saturated carbocycles. The third-order valence-electron chi connectivity index (χ3n) is 4.70. The van der Waals surface area contributed by atoms with Crippen molar-refractivity contribution in [2.24, 2.45) is 0 Å². The SMILES string of the molecule is CCCCN(C)CC(=O)N[C@@H](Cc1ccc(F)c(F)c1)C(=O)NCc1ccc(N)nc1. The molecule has 7 nitrogen and oxygen atoms in total. The minimum absolute atomic E-state index is 0.0213. The van der Waals surface area contributed by atoms with Crippen molar-refractivity contribution in [3.05, 3.63) is 59.3 Å². The molecule has 0 aliphatic rings. The smallest absolute Gasteiger partial charge is 0.243 e. The van der Waals surface area contributed by atoms with Crippen LogP contribution in [0, 0.1) is 11.6 Å². The van der Waals surface area contributed by atoms with Crippen LogP contribution in [0.3, 0.4) is 0 Å². The number of unbranched alkanes of at least 4 members (excludes halogenated alkanes) is 1. The van der Waals surface area contributed by atoms with E-state index in [0.29, 0.717) is 11.4 Å². The van der Waals surface area contributed by atoms with Crippen LogP contribution in [-0.4, -0.2) is 47.9 Å². The highest BCUT2D eigenvalue weighted by Crippen LogP contribution is 2.11. The quantitative estimate of drug-likeness (QED) is 0.503. The molecular formula is C22H29F2N5O2. The number of pyridine rings is 1. The fourth-order valence-electron chi connectivity index (χ4n) is 2.96. The maximum absolute atomic E-state index is 13.6. The highest BCUT2D eigenvalue weighted by Gasteiger charge is 2.22. The van der Waals surface area contributed by atoms with E-state index in [-0.39, 0.29) is 25.4 Å². The molecule has 9 heteroatoms. The van der Waals surface area contributed by atoms with Gasteiger partial charge in [-0.1, -0.05) is 25.5 Å². The van der Waals surface area contributed by atoms with Crippen LogP contribution in [-0.2, 0) is 22.6 Å². The molecule has 0 fully saturated rings. The number of nitrogens with zero attached hydrogens (tertiary/aromatic N) is 2. The molecular weight excluding hydrogens is 404 g/mol. The second-order valence-corrected chi connectivity index (χ2v) is 7.47. The van der Waals surface area contributed by atoms with Crippen molar-refractivity contribution in [2.45, 2.75) is 38.8 Å². The normalized spacial score (nSPS) is 11.9. The van der Waals surface area contributed by atoms with Crippen LogP contribution in [0.15, 0.2) is 36.5 Å². The predicted molar refractivity (Wildman–Crippen MR) is 115 cm³/mol. The highest BCUT2D eigenvalue weighted by molar-refractivity contribution is 5.88. The second kappa shape index (κ2) is 11.9. The van der Waals surface area contributed by atoms with Crippen molar-refractivity contribution in [3.8, 4) is 0 Å². The molecule has 1 heterocycles. The Kier molecular flexibility index (Phi) is 9.33. The molecule has 1 atom stereocenters. The summed E-state index contributed by atoms with van der Waals surface area (Å²) >= 11 is 0. The maximum atomic E-state index is 13.6. The van der Waals surface area contributed by atoms with E-state index in [9.17, 15) is 18.4 Å². The number of hydrogen-bond donors (Lipinski definition) is 3. The zero-order valence-corrected chi connectivity index (χ0v) is 17.8. The van der Waals surface area contributed by atoms with E-state index in [0.717, 1.165) is 37.1 Å². The molecule has 31 heavy (non-hydrogen) atoms. The van der Waals surface area contributed by atoms with Gasteiger partial charge in [0.1, 0.15) is 11.9 Å². The lowest BCUT2D eigenvalue weighted by molar-refractivity contribution is -0.129. The summed E-state index contributed by atoms with van der Waals surface area (Å²) in [5.74, 6) is -2.37. The van der Waals surface area contributed by atoms with Crippen molar-refractivity contribution in [2.75, 3.05) is 25.9 Å². The van der Waals surface area contributed by atoms with E-state index in [1.165, 1.54) is 6.07 Å². The van der Waals surface area contributed by atoms with Crippen molar-refractivity contribution in [1.82, 2.24) is 20.5 Å². The first-order valence-electron chi connectivity index (χ1n) is 10.2. The number of nitrogens with one attached hydrogen (secondary N) is 2. The number of likely N-dealkylation sites (N-methyl/N-ethyl adjacent to an activating group) is 1. The Morgan fingerprint density at radius 1 is 1.16 bits per heavy atom. The van der Waals surface area contributed by atoms with E-state index in [1.54, 1.807) is 18.3 Å². The van der Waals surface area contributed by atoms with Gasteiger partial charge in [0.05, 0.1) is 6.54 Å². The highest BCUT2D eigenvalue weighted by atomic mass is 19.2. The van der Waals surface area contributed by atoms with Crippen LogP contribution >= 0.6 is 0 Å². The lowest BCUT2D eigenvalue weighted by Crippen LogP contribution is -2.50. The molecule has 0 unspecified atom stereocenters. The number of halogens is 2. The van der Waals surface area contributed by atoms with Gasteiger partial charge < -0.3 is 16.4 Å². The number of nitrogen functional groups attached to an aromatic ring is 1. The molecule has 1 aromatic carbocycles. The molecule has 0 spiro atoms. The minimum Gasteiger partial charge on any atom is -0.384 e.